The van der Waals surface area contributed by atoms with Gasteiger partial charge in [-0.1, -0.05) is 19.1 Å². The van der Waals surface area contributed by atoms with Crippen LogP contribution in [0.3, 0.4) is 0 Å². The number of aryl methyl sites for hydroxylation is 1. The van der Waals surface area contributed by atoms with E-state index in [0.717, 1.165) is 5.56 Å². The van der Waals surface area contributed by atoms with Crippen LogP contribution in [0, 0.1) is 11.3 Å². The second-order valence-electron chi connectivity index (χ2n) is 4.22. The number of rotatable bonds is 4. The number of nitriles is 1. The van der Waals surface area contributed by atoms with E-state index in [0.29, 0.717) is 24.4 Å². The molecule has 0 radical (unpaired) electrons. The maximum Gasteiger partial charge on any atom is 0.280 e. The van der Waals surface area contributed by atoms with E-state index >= 15 is 0 Å². The summed E-state index contributed by atoms with van der Waals surface area (Å²) >= 11 is 0. The third kappa shape index (κ3) is 3.18. The first-order valence-electron chi connectivity index (χ1n) is 5.93. The SMILES string of the molecule is CCc1nc(S(=O)(=O)Cl)cn1Cc1ccc(C#N)cc1. The lowest BCUT2D eigenvalue weighted by Gasteiger charge is -2.06. The molecule has 0 bridgehead atoms. The predicted octanol–water partition coefficient (Wildman–Crippen LogP) is 2.29. The van der Waals surface area contributed by atoms with Crippen LogP contribution in [-0.4, -0.2) is 18.0 Å². The van der Waals surface area contributed by atoms with Gasteiger partial charge in [-0.2, -0.15) is 5.26 Å². The second-order valence-corrected chi connectivity index (χ2v) is 6.74. The van der Waals surface area contributed by atoms with Crippen molar-refractivity contribution in [2.45, 2.75) is 24.9 Å². The Morgan fingerprint density at radius 1 is 1.35 bits per heavy atom. The van der Waals surface area contributed by atoms with Gasteiger partial charge in [-0.25, -0.2) is 13.4 Å². The Bertz CT molecular complexity index is 758. The smallest absolute Gasteiger partial charge is 0.280 e. The van der Waals surface area contributed by atoms with Gasteiger partial charge in [0.25, 0.3) is 9.05 Å². The van der Waals surface area contributed by atoms with E-state index < -0.39 is 9.05 Å². The fourth-order valence-corrected chi connectivity index (χ4v) is 2.54. The van der Waals surface area contributed by atoms with Gasteiger partial charge >= 0.3 is 0 Å². The van der Waals surface area contributed by atoms with E-state index in [9.17, 15) is 8.42 Å². The fraction of sp³-hybridized carbons (Fsp3) is 0.231. The molecule has 5 nitrogen and oxygen atoms in total. The summed E-state index contributed by atoms with van der Waals surface area (Å²) in [4.78, 5) is 4.02. The van der Waals surface area contributed by atoms with Crippen molar-refractivity contribution < 1.29 is 8.42 Å². The molecule has 0 aliphatic carbocycles. The summed E-state index contributed by atoms with van der Waals surface area (Å²) in [6, 6.07) is 9.14. The van der Waals surface area contributed by atoms with E-state index in [1.807, 2.05) is 25.1 Å². The Kier molecular flexibility index (Phi) is 4.12. The molecule has 0 unspecified atom stereocenters. The van der Waals surface area contributed by atoms with Gasteiger partial charge in [0.05, 0.1) is 11.6 Å². The normalized spacial score (nSPS) is 11.2. The molecule has 0 spiro atoms. The Labute approximate surface area is 121 Å². The van der Waals surface area contributed by atoms with Gasteiger partial charge in [-0.15, -0.1) is 0 Å². The van der Waals surface area contributed by atoms with Crippen molar-refractivity contribution in [1.82, 2.24) is 9.55 Å². The zero-order valence-electron chi connectivity index (χ0n) is 10.7. The molecule has 1 heterocycles. The van der Waals surface area contributed by atoms with Gasteiger partial charge in [0.1, 0.15) is 5.82 Å². The molecule has 104 valence electrons. The highest BCUT2D eigenvalue weighted by molar-refractivity contribution is 8.13. The van der Waals surface area contributed by atoms with Crippen molar-refractivity contribution in [3.8, 4) is 6.07 Å². The first kappa shape index (κ1) is 14.6. The molecule has 0 fully saturated rings. The van der Waals surface area contributed by atoms with E-state index in [1.165, 1.54) is 6.20 Å². The molecule has 0 aliphatic rings. The second kappa shape index (κ2) is 5.65. The molecule has 0 saturated carbocycles. The van der Waals surface area contributed by atoms with Crippen LogP contribution in [0.5, 0.6) is 0 Å². The van der Waals surface area contributed by atoms with Crippen LogP contribution in [0.25, 0.3) is 0 Å². The summed E-state index contributed by atoms with van der Waals surface area (Å²) in [6.07, 6.45) is 2.03. The average Bonchev–Trinajstić information content (AvgIpc) is 2.82. The van der Waals surface area contributed by atoms with Crippen molar-refractivity contribution in [2.75, 3.05) is 0 Å². The molecule has 0 amide bonds. The monoisotopic (exact) mass is 309 g/mol. The Morgan fingerprint density at radius 2 is 2.00 bits per heavy atom. The predicted molar refractivity (Wildman–Crippen MR) is 74.9 cm³/mol. The number of hydrogen-bond acceptors (Lipinski definition) is 4. The summed E-state index contributed by atoms with van der Waals surface area (Å²) in [5.74, 6) is 0.647. The van der Waals surface area contributed by atoms with Crippen molar-refractivity contribution >= 4 is 19.7 Å². The first-order chi connectivity index (χ1) is 9.44. The molecule has 0 aliphatic heterocycles. The van der Waals surface area contributed by atoms with E-state index in [-0.39, 0.29) is 5.03 Å². The van der Waals surface area contributed by atoms with Crippen LogP contribution in [0.15, 0.2) is 35.5 Å². The minimum absolute atomic E-state index is 0.135. The van der Waals surface area contributed by atoms with Gasteiger partial charge in [0, 0.05) is 29.8 Å². The number of imidazole rings is 1. The van der Waals surface area contributed by atoms with Gasteiger partial charge in [-0.05, 0) is 17.7 Å². The lowest BCUT2D eigenvalue weighted by atomic mass is 10.1. The van der Waals surface area contributed by atoms with Crippen LogP contribution >= 0.6 is 10.7 Å². The summed E-state index contributed by atoms with van der Waals surface area (Å²) in [5.41, 5.74) is 1.54. The topological polar surface area (TPSA) is 75.8 Å². The standard InChI is InChI=1S/C13H12ClN3O2S/c1-2-12-16-13(20(14,18)19)9-17(12)8-11-5-3-10(7-15)4-6-11/h3-6,9H,2,8H2,1H3. The zero-order valence-corrected chi connectivity index (χ0v) is 12.3. The van der Waals surface area contributed by atoms with Crippen LogP contribution in [0.2, 0.25) is 0 Å². The molecule has 1 aromatic heterocycles. The summed E-state index contributed by atoms with van der Waals surface area (Å²) in [7, 11) is 1.48. The maximum atomic E-state index is 11.3. The Morgan fingerprint density at radius 3 is 2.50 bits per heavy atom. The minimum Gasteiger partial charge on any atom is -0.329 e. The molecule has 2 aromatic rings. The third-order valence-electron chi connectivity index (χ3n) is 2.84. The lowest BCUT2D eigenvalue weighted by Crippen LogP contribution is -2.03. The summed E-state index contributed by atoms with van der Waals surface area (Å²) in [6.45, 7) is 2.37. The van der Waals surface area contributed by atoms with Crippen LogP contribution < -0.4 is 0 Å². The Hall–Kier alpha value is -1.84. The number of halogens is 1. The van der Waals surface area contributed by atoms with Gasteiger partial charge in [-0.3, -0.25) is 0 Å². The quantitative estimate of drug-likeness (QED) is 0.812. The van der Waals surface area contributed by atoms with Crippen LogP contribution in [0.1, 0.15) is 23.9 Å². The molecule has 0 saturated heterocycles. The van der Waals surface area contributed by atoms with Crippen molar-refractivity contribution in [3.05, 3.63) is 47.4 Å². The fourth-order valence-electron chi connectivity index (χ4n) is 1.85. The average molecular weight is 310 g/mol. The van der Waals surface area contributed by atoms with Crippen molar-refractivity contribution in [2.24, 2.45) is 0 Å². The summed E-state index contributed by atoms with van der Waals surface area (Å²) in [5, 5.41) is 8.61. The number of aromatic nitrogens is 2. The summed E-state index contributed by atoms with van der Waals surface area (Å²) < 4.78 is 24.4. The highest BCUT2D eigenvalue weighted by Gasteiger charge is 2.17. The van der Waals surface area contributed by atoms with Gasteiger partial charge in [0.2, 0.25) is 0 Å². The molecular weight excluding hydrogens is 298 g/mol. The van der Waals surface area contributed by atoms with Gasteiger partial charge in [0.15, 0.2) is 5.03 Å². The van der Waals surface area contributed by atoms with E-state index in [1.54, 1.807) is 16.7 Å². The number of nitrogens with zero attached hydrogens (tertiary/aromatic N) is 3. The number of hydrogen-bond donors (Lipinski definition) is 0. The molecule has 20 heavy (non-hydrogen) atoms. The van der Waals surface area contributed by atoms with Crippen LogP contribution in [-0.2, 0) is 22.0 Å². The third-order valence-corrected chi connectivity index (χ3v) is 4.01. The van der Waals surface area contributed by atoms with Crippen molar-refractivity contribution in [3.63, 3.8) is 0 Å². The molecular formula is C13H12ClN3O2S. The molecule has 0 N–H and O–H groups in total. The highest BCUT2D eigenvalue weighted by atomic mass is 35.7. The lowest BCUT2D eigenvalue weighted by molar-refractivity contribution is 0.606. The minimum atomic E-state index is -3.82. The van der Waals surface area contributed by atoms with Crippen LogP contribution in [0.4, 0.5) is 0 Å². The molecule has 1 aromatic carbocycles. The highest BCUT2D eigenvalue weighted by Crippen LogP contribution is 2.16. The molecule has 2 rings (SSSR count). The first-order valence-corrected chi connectivity index (χ1v) is 8.24. The zero-order chi connectivity index (χ0) is 14.8. The molecule has 0 atom stereocenters. The van der Waals surface area contributed by atoms with E-state index in [2.05, 4.69) is 4.98 Å². The molecule has 7 heteroatoms. The van der Waals surface area contributed by atoms with E-state index in [4.69, 9.17) is 15.9 Å². The largest absolute Gasteiger partial charge is 0.329 e. The van der Waals surface area contributed by atoms with Crippen molar-refractivity contribution in [1.29, 1.82) is 5.26 Å². The maximum absolute atomic E-state index is 11.3. The number of benzene rings is 1. The Balaban J connectivity index is 2.33. The van der Waals surface area contributed by atoms with Gasteiger partial charge < -0.3 is 4.57 Å².